The summed E-state index contributed by atoms with van der Waals surface area (Å²) in [6.07, 6.45) is 0.134. The fourth-order valence-electron chi connectivity index (χ4n) is 1.19. The predicted molar refractivity (Wildman–Crippen MR) is 60.1 cm³/mol. The van der Waals surface area contributed by atoms with Gasteiger partial charge >= 0.3 is 6.09 Å². The summed E-state index contributed by atoms with van der Waals surface area (Å²) in [5.74, 6) is -0.441. The third-order valence-electron chi connectivity index (χ3n) is 1.94. The smallest absolute Gasteiger partial charge is 0.407 e. The van der Waals surface area contributed by atoms with Crippen LogP contribution in [0.15, 0.2) is 18.2 Å². The lowest BCUT2D eigenvalue weighted by Gasteiger charge is -2.05. The van der Waals surface area contributed by atoms with Gasteiger partial charge in [-0.15, -0.1) is 0 Å². The van der Waals surface area contributed by atoms with Gasteiger partial charge in [0.2, 0.25) is 0 Å². The van der Waals surface area contributed by atoms with Crippen LogP contribution in [0, 0.1) is 5.82 Å². The quantitative estimate of drug-likeness (QED) is 0.886. The molecule has 0 aliphatic carbocycles. The monoisotopic (exact) mass is 245 g/mol. The molecule has 0 aliphatic rings. The molecule has 0 saturated carbocycles. The summed E-state index contributed by atoms with van der Waals surface area (Å²) < 4.78 is 17.5. The van der Waals surface area contributed by atoms with Crippen molar-refractivity contribution in [1.82, 2.24) is 5.32 Å². The highest BCUT2D eigenvalue weighted by molar-refractivity contribution is 6.30. The van der Waals surface area contributed by atoms with Gasteiger partial charge in [-0.1, -0.05) is 17.7 Å². The Bertz CT molecular complexity index is 371. The maximum atomic E-state index is 12.8. The second kappa shape index (κ2) is 6.33. The largest absolute Gasteiger partial charge is 0.450 e. The van der Waals surface area contributed by atoms with E-state index >= 15 is 0 Å². The van der Waals surface area contributed by atoms with Gasteiger partial charge in [0.1, 0.15) is 5.82 Å². The molecule has 0 fully saturated rings. The minimum Gasteiger partial charge on any atom is -0.450 e. The Morgan fingerprint density at radius 3 is 2.94 bits per heavy atom. The van der Waals surface area contributed by atoms with Crippen LogP contribution in [0.2, 0.25) is 5.02 Å². The number of amides is 1. The summed E-state index contributed by atoms with van der Waals surface area (Å²) in [5, 5.41) is 2.66. The maximum Gasteiger partial charge on any atom is 0.407 e. The molecule has 5 heteroatoms. The minimum absolute atomic E-state index is 0.0913. The third-order valence-corrected chi connectivity index (χ3v) is 2.23. The van der Waals surface area contributed by atoms with Crippen LogP contribution in [0.4, 0.5) is 9.18 Å². The zero-order chi connectivity index (χ0) is 12.0. The van der Waals surface area contributed by atoms with Crippen LogP contribution in [0.25, 0.3) is 0 Å². The number of alkyl carbamates (subject to hydrolysis) is 1. The molecule has 1 amide bonds. The number of carbonyl (C=O) groups is 1. The summed E-state index contributed by atoms with van der Waals surface area (Å²) >= 11 is 5.62. The highest BCUT2D eigenvalue weighted by atomic mass is 35.5. The summed E-state index contributed by atoms with van der Waals surface area (Å²) in [4.78, 5) is 10.9. The van der Waals surface area contributed by atoms with Crippen molar-refractivity contribution in [3.8, 4) is 0 Å². The molecular formula is C11H13ClFNO2. The van der Waals surface area contributed by atoms with Crippen LogP contribution < -0.4 is 5.32 Å². The van der Waals surface area contributed by atoms with Crippen LogP contribution in [-0.4, -0.2) is 19.2 Å². The molecule has 0 aliphatic heterocycles. The van der Waals surface area contributed by atoms with E-state index in [1.807, 2.05) is 0 Å². The Morgan fingerprint density at radius 2 is 2.31 bits per heavy atom. The third kappa shape index (κ3) is 4.06. The normalized spacial score (nSPS) is 9.94. The van der Waals surface area contributed by atoms with E-state index in [4.69, 9.17) is 11.6 Å². The van der Waals surface area contributed by atoms with Crippen molar-refractivity contribution < 1.29 is 13.9 Å². The first-order chi connectivity index (χ1) is 7.63. The van der Waals surface area contributed by atoms with Crippen LogP contribution in [0.5, 0.6) is 0 Å². The number of benzene rings is 1. The van der Waals surface area contributed by atoms with Gasteiger partial charge in [-0.05, 0) is 31.0 Å². The summed E-state index contributed by atoms with van der Waals surface area (Å²) in [6.45, 7) is 2.51. The van der Waals surface area contributed by atoms with Gasteiger partial charge in [-0.3, -0.25) is 0 Å². The molecule has 0 aromatic heterocycles. The van der Waals surface area contributed by atoms with Gasteiger partial charge in [-0.25, -0.2) is 9.18 Å². The van der Waals surface area contributed by atoms with Gasteiger partial charge < -0.3 is 10.1 Å². The van der Waals surface area contributed by atoms with Crippen LogP contribution in [-0.2, 0) is 11.2 Å². The number of ether oxygens (including phenoxy) is 1. The molecule has 1 rings (SSSR count). The van der Waals surface area contributed by atoms with Crippen molar-refractivity contribution >= 4 is 17.7 Å². The molecule has 0 bridgehead atoms. The second-order valence-electron chi connectivity index (χ2n) is 3.15. The van der Waals surface area contributed by atoms with E-state index in [2.05, 4.69) is 10.1 Å². The van der Waals surface area contributed by atoms with Gasteiger partial charge in [0.15, 0.2) is 0 Å². The van der Waals surface area contributed by atoms with Crippen molar-refractivity contribution in [2.24, 2.45) is 0 Å². The molecule has 1 aromatic carbocycles. The van der Waals surface area contributed by atoms with Gasteiger partial charge in [0.25, 0.3) is 0 Å². The Kier molecular flexibility index (Phi) is 5.05. The molecule has 0 unspecified atom stereocenters. The van der Waals surface area contributed by atoms with E-state index in [0.29, 0.717) is 19.6 Å². The van der Waals surface area contributed by atoms with Crippen LogP contribution in [0.1, 0.15) is 12.5 Å². The molecule has 16 heavy (non-hydrogen) atoms. The van der Waals surface area contributed by atoms with E-state index < -0.39 is 11.9 Å². The van der Waals surface area contributed by atoms with Gasteiger partial charge in [-0.2, -0.15) is 0 Å². The lowest BCUT2D eigenvalue weighted by molar-refractivity contribution is 0.152. The van der Waals surface area contributed by atoms with Crippen molar-refractivity contribution in [2.75, 3.05) is 13.2 Å². The van der Waals surface area contributed by atoms with Crippen LogP contribution >= 0.6 is 11.6 Å². The number of hydrogen-bond acceptors (Lipinski definition) is 2. The fraction of sp³-hybridized carbons (Fsp3) is 0.364. The molecule has 0 spiro atoms. The number of rotatable bonds is 4. The van der Waals surface area contributed by atoms with Crippen LogP contribution in [0.3, 0.4) is 0 Å². The lowest BCUT2D eigenvalue weighted by Crippen LogP contribution is -2.26. The number of hydrogen-bond donors (Lipinski definition) is 1. The van der Waals surface area contributed by atoms with E-state index in [-0.39, 0.29) is 5.02 Å². The summed E-state index contributed by atoms with van der Waals surface area (Å²) in [6, 6.07) is 4.49. The molecule has 3 nitrogen and oxygen atoms in total. The van der Waals surface area contributed by atoms with E-state index in [1.54, 1.807) is 19.1 Å². The minimum atomic E-state index is -0.448. The molecule has 0 radical (unpaired) electrons. The van der Waals surface area contributed by atoms with Crippen molar-refractivity contribution in [3.05, 3.63) is 34.6 Å². The van der Waals surface area contributed by atoms with E-state index in [9.17, 15) is 9.18 Å². The van der Waals surface area contributed by atoms with Crippen molar-refractivity contribution in [3.63, 3.8) is 0 Å². The number of nitrogens with one attached hydrogen (secondary N) is 1. The second-order valence-corrected chi connectivity index (χ2v) is 3.55. The lowest BCUT2D eigenvalue weighted by atomic mass is 10.1. The summed E-state index contributed by atoms with van der Waals surface area (Å²) in [7, 11) is 0. The highest BCUT2D eigenvalue weighted by Crippen LogP contribution is 2.15. The highest BCUT2D eigenvalue weighted by Gasteiger charge is 2.02. The predicted octanol–water partition coefficient (Wildman–Crippen LogP) is 2.77. The first-order valence-electron chi connectivity index (χ1n) is 4.98. The van der Waals surface area contributed by atoms with Gasteiger partial charge in [0, 0.05) is 6.54 Å². The molecule has 0 heterocycles. The summed E-state index contributed by atoms with van der Waals surface area (Å²) in [5.41, 5.74) is 0.864. The van der Waals surface area contributed by atoms with Crippen molar-refractivity contribution in [1.29, 1.82) is 0 Å². The fourth-order valence-corrected chi connectivity index (χ4v) is 1.39. The van der Waals surface area contributed by atoms with Crippen molar-refractivity contribution in [2.45, 2.75) is 13.3 Å². The first-order valence-corrected chi connectivity index (χ1v) is 5.36. The number of carbonyl (C=O) groups excluding carboxylic acids is 1. The average Bonchev–Trinajstić information content (AvgIpc) is 2.24. The molecule has 0 atom stereocenters. The molecule has 1 N–H and O–H groups in total. The average molecular weight is 246 g/mol. The molecule has 0 saturated heterocycles. The van der Waals surface area contributed by atoms with E-state index in [0.717, 1.165) is 5.56 Å². The molecular weight excluding hydrogens is 233 g/mol. The Balaban J connectivity index is 2.37. The standard InChI is InChI=1S/C11H13ClFNO2/c1-2-16-11(15)14-6-5-8-3-4-10(13)9(12)7-8/h3-4,7H,2,5-6H2,1H3,(H,14,15). The first kappa shape index (κ1) is 12.8. The molecule has 1 aromatic rings. The molecule has 88 valence electrons. The Labute approximate surface area is 98.5 Å². The topological polar surface area (TPSA) is 38.3 Å². The maximum absolute atomic E-state index is 12.8. The van der Waals surface area contributed by atoms with Gasteiger partial charge in [0.05, 0.1) is 11.6 Å². The Hall–Kier alpha value is -1.29. The SMILES string of the molecule is CCOC(=O)NCCc1ccc(F)c(Cl)c1. The zero-order valence-electron chi connectivity index (χ0n) is 8.93. The number of halogens is 2. The Morgan fingerprint density at radius 1 is 1.56 bits per heavy atom. The van der Waals surface area contributed by atoms with E-state index in [1.165, 1.54) is 6.07 Å². The zero-order valence-corrected chi connectivity index (χ0v) is 9.68.